The summed E-state index contributed by atoms with van der Waals surface area (Å²) < 4.78 is 0. The van der Waals surface area contributed by atoms with Gasteiger partial charge < -0.3 is 10.6 Å². The number of hydrogen-bond acceptors (Lipinski definition) is 5. The van der Waals surface area contributed by atoms with Gasteiger partial charge in [-0.1, -0.05) is 13.8 Å². The van der Waals surface area contributed by atoms with Gasteiger partial charge in [-0.05, 0) is 43.8 Å². The van der Waals surface area contributed by atoms with Gasteiger partial charge in [-0.2, -0.15) is 16.9 Å². The molecule has 0 aromatic carbocycles. The van der Waals surface area contributed by atoms with E-state index < -0.39 is 0 Å². The molecule has 4 rings (SSSR count). The van der Waals surface area contributed by atoms with Gasteiger partial charge in [0.25, 0.3) is 0 Å². The lowest BCUT2D eigenvalue weighted by Crippen LogP contribution is -2.59. The van der Waals surface area contributed by atoms with Gasteiger partial charge in [-0.15, -0.1) is 0 Å². The molecule has 1 aliphatic carbocycles. The van der Waals surface area contributed by atoms with Crippen molar-refractivity contribution >= 4 is 23.4 Å². The number of amides is 1. The van der Waals surface area contributed by atoms with Gasteiger partial charge in [0, 0.05) is 42.8 Å². The van der Waals surface area contributed by atoms with E-state index in [0.29, 0.717) is 23.3 Å². The highest BCUT2D eigenvalue weighted by atomic mass is 32.2. The van der Waals surface area contributed by atoms with Crippen LogP contribution in [0, 0.1) is 11.8 Å². The summed E-state index contributed by atoms with van der Waals surface area (Å²) in [7, 11) is 0. The van der Waals surface area contributed by atoms with Crippen LogP contribution in [0.2, 0.25) is 0 Å². The number of hydrazone groups is 1. The Bertz CT molecular complexity index is 532. The Kier molecular flexibility index (Phi) is 5.39. The molecule has 3 heterocycles. The third-order valence-electron chi connectivity index (χ3n) is 6.36. The Labute approximate surface area is 155 Å². The molecule has 3 fully saturated rings. The predicted molar refractivity (Wildman–Crippen MR) is 104 cm³/mol. The minimum absolute atomic E-state index is 0.0210. The number of nitrogens with one attached hydrogen (secondary N) is 2. The van der Waals surface area contributed by atoms with E-state index in [2.05, 4.69) is 10.6 Å². The second-order valence-electron chi connectivity index (χ2n) is 8.40. The summed E-state index contributed by atoms with van der Waals surface area (Å²) in [6.07, 6.45) is 7.14. The van der Waals surface area contributed by atoms with Crippen molar-refractivity contribution in [1.29, 1.82) is 0 Å². The third-order valence-corrected chi connectivity index (χ3v) is 7.80. The normalized spacial score (nSPS) is 38.8. The Morgan fingerprint density at radius 1 is 1.20 bits per heavy atom. The van der Waals surface area contributed by atoms with Crippen LogP contribution in [0.25, 0.3) is 0 Å². The van der Waals surface area contributed by atoms with Gasteiger partial charge >= 0.3 is 0 Å². The van der Waals surface area contributed by atoms with Crippen molar-refractivity contribution in [2.45, 2.75) is 75.7 Å². The second-order valence-corrected chi connectivity index (χ2v) is 9.71. The van der Waals surface area contributed by atoms with Crippen molar-refractivity contribution in [2.24, 2.45) is 16.9 Å². The zero-order valence-electron chi connectivity index (χ0n) is 15.5. The molecule has 5 nitrogen and oxygen atoms in total. The Balaban J connectivity index is 1.49. The van der Waals surface area contributed by atoms with E-state index in [1.807, 2.05) is 30.6 Å². The van der Waals surface area contributed by atoms with Crippen LogP contribution in [0.1, 0.15) is 52.4 Å². The number of thioether (sulfide) groups is 1. The van der Waals surface area contributed by atoms with Crippen molar-refractivity contribution in [2.75, 3.05) is 18.8 Å². The first-order valence-corrected chi connectivity index (χ1v) is 11.2. The molecular weight excluding hydrogens is 332 g/mol. The topological polar surface area (TPSA) is 56.7 Å². The molecule has 0 spiro atoms. The van der Waals surface area contributed by atoms with Crippen molar-refractivity contribution in [3.05, 3.63) is 0 Å². The zero-order valence-corrected chi connectivity index (χ0v) is 16.4. The molecule has 2 N–H and O–H groups in total. The maximum atomic E-state index is 12.8. The number of rotatable bonds is 3. The maximum Gasteiger partial charge on any atom is 0.245 e. The van der Waals surface area contributed by atoms with Crippen LogP contribution in [0.5, 0.6) is 0 Å². The molecule has 0 aromatic heterocycles. The molecule has 25 heavy (non-hydrogen) atoms. The first-order chi connectivity index (χ1) is 12.1. The average Bonchev–Trinajstić information content (AvgIpc) is 3.30. The van der Waals surface area contributed by atoms with E-state index in [9.17, 15) is 4.79 Å². The Morgan fingerprint density at radius 2 is 2.00 bits per heavy atom. The fourth-order valence-corrected chi connectivity index (χ4v) is 6.26. The minimum Gasteiger partial charge on any atom is -0.311 e. The average molecular weight is 365 g/mol. The summed E-state index contributed by atoms with van der Waals surface area (Å²) in [4.78, 5) is 12.8. The van der Waals surface area contributed by atoms with E-state index in [0.717, 1.165) is 19.5 Å². The number of nitrogens with zero attached hydrogens (tertiary/aromatic N) is 2. The standard InChI is InChI=1S/C19H32N4OS/c1-12(2)19(24)23-17(11-16(22-23)18-4-3-9-25-18)13-5-6-14-15(10-13)21-8-7-20-14/h12-15,17-18,20-21H,3-11H2,1-2H3. The zero-order chi connectivity index (χ0) is 17.4. The largest absolute Gasteiger partial charge is 0.311 e. The predicted octanol–water partition coefficient (Wildman–Crippen LogP) is 2.23. The molecule has 4 aliphatic rings. The Hall–Kier alpha value is -0.590. The van der Waals surface area contributed by atoms with Gasteiger partial charge in [0.2, 0.25) is 5.91 Å². The highest BCUT2D eigenvalue weighted by Crippen LogP contribution is 2.38. The second kappa shape index (κ2) is 7.57. The number of piperazine rings is 1. The van der Waals surface area contributed by atoms with E-state index >= 15 is 0 Å². The molecule has 3 aliphatic heterocycles. The van der Waals surface area contributed by atoms with Gasteiger partial charge in [0.15, 0.2) is 0 Å². The van der Waals surface area contributed by atoms with Gasteiger partial charge in [-0.3, -0.25) is 4.79 Å². The molecular formula is C19H32N4OS. The van der Waals surface area contributed by atoms with Crippen LogP contribution in [-0.4, -0.2) is 58.8 Å². The fraction of sp³-hybridized carbons (Fsp3) is 0.895. The van der Waals surface area contributed by atoms with Crippen LogP contribution >= 0.6 is 11.8 Å². The van der Waals surface area contributed by atoms with Crippen molar-refractivity contribution < 1.29 is 4.79 Å². The van der Waals surface area contributed by atoms with E-state index in [1.165, 1.54) is 43.6 Å². The van der Waals surface area contributed by atoms with Crippen molar-refractivity contribution in [3.8, 4) is 0 Å². The van der Waals surface area contributed by atoms with Crippen LogP contribution < -0.4 is 10.6 Å². The fourth-order valence-electron chi connectivity index (χ4n) is 4.97. The van der Waals surface area contributed by atoms with Gasteiger partial charge in [-0.25, -0.2) is 5.01 Å². The summed E-state index contributed by atoms with van der Waals surface area (Å²) in [5.74, 6) is 2.05. The van der Waals surface area contributed by atoms with E-state index in [4.69, 9.17) is 5.10 Å². The van der Waals surface area contributed by atoms with E-state index in [-0.39, 0.29) is 17.9 Å². The number of carbonyl (C=O) groups is 1. The third kappa shape index (κ3) is 3.62. The van der Waals surface area contributed by atoms with Crippen LogP contribution in [-0.2, 0) is 4.79 Å². The molecule has 5 unspecified atom stereocenters. The summed E-state index contributed by atoms with van der Waals surface area (Å²) in [6, 6.07) is 1.47. The molecule has 6 heteroatoms. The van der Waals surface area contributed by atoms with Crippen molar-refractivity contribution in [3.63, 3.8) is 0 Å². The molecule has 2 saturated heterocycles. The first kappa shape index (κ1) is 17.8. The minimum atomic E-state index is 0.0210. The summed E-state index contributed by atoms with van der Waals surface area (Å²) in [6.45, 7) is 6.15. The summed E-state index contributed by atoms with van der Waals surface area (Å²) in [5.41, 5.74) is 1.29. The summed E-state index contributed by atoms with van der Waals surface area (Å²) in [5, 5.41) is 14.7. The quantitative estimate of drug-likeness (QED) is 0.806. The van der Waals surface area contributed by atoms with Crippen LogP contribution in [0.15, 0.2) is 5.10 Å². The first-order valence-electron chi connectivity index (χ1n) is 10.1. The molecule has 0 bridgehead atoms. The van der Waals surface area contributed by atoms with Crippen molar-refractivity contribution in [1.82, 2.24) is 15.6 Å². The molecule has 5 atom stereocenters. The number of fused-ring (bicyclic) bond motifs is 1. The smallest absolute Gasteiger partial charge is 0.245 e. The molecule has 1 amide bonds. The van der Waals surface area contributed by atoms with Crippen LogP contribution in [0.3, 0.4) is 0 Å². The maximum absolute atomic E-state index is 12.8. The van der Waals surface area contributed by atoms with Crippen LogP contribution in [0.4, 0.5) is 0 Å². The van der Waals surface area contributed by atoms with E-state index in [1.54, 1.807) is 0 Å². The molecule has 140 valence electrons. The lowest BCUT2D eigenvalue weighted by Gasteiger charge is -2.43. The Morgan fingerprint density at radius 3 is 2.72 bits per heavy atom. The number of carbonyl (C=O) groups excluding carboxylic acids is 1. The SMILES string of the molecule is CC(C)C(=O)N1N=C(C2CCCS2)CC1C1CCC2NCCNC2C1. The lowest BCUT2D eigenvalue weighted by atomic mass is 9.76. The molecule has 1 saturated carbocycles. The monoisotopic (exact) mass is 364 g/mol. The highest BCUT2D eigenvalue weighted by molar-refractivity contribution is 8.00. The highest BCUT2D eigenvalue weighted by Gasteiger charge is 2.43. The molecule has 0 aromatic rings. The number of hydrogen-bond donors (Lipinski definition) is 2. The lowest BCUT2D eigenvalue weighted by molar-refractivity contribution is -0.137. The van der Waals surface area contributed by atoms with Gasteiger partial charge in [0.05, 0.1) is 11.8 Å². The summed E-state index contributed by atoms with van der Waals surface area (Å²) >= 11 is 2.04. The molecule has 0 radical (unpaired) electrons. The van der Waals surface area contributed by atoms with Gasteiger partial charge in [0.1, 0.15) is 0 Å².